The second-order valence-electron chi connectivity index (χ2n) is 7.30. The maximum absolute atomic E-state index is 12.6. The summed E-state index contributed by atoms with van der Waals surface area (Å²) in [6, 6.07) is 17.4. The molecule has 1 aromatic heterocycles. The number of nitrogens with one attached hydrogen (secondary N) is 1. The third-order valence-corrected chi connectivity index (χ3v) is 5.28. The van der Waals surface area contributed by atoms with Gasteiger partial charge in [-0.15, -0.1) is 0 Å². The summed E-state index contributed by atoms with van der Waals surface area (Å²) in [5.74, 6) is 0.0426. The Labute approximate surface area is 170 Å². The largest absolute Gasteiger partial charge is 0.347 e. The molecule has 2 aromatic carbocycles. The van der Waals surface area contributed by atoms with E-state index in [0.717, 1.165) is 18.5 Å². The van der Waals surface area contributed by atoms with Gasteiger partial charge in [-0.1, -0.05) is 30.3 Å². The van der Waals surface area contributed by atoms with Crippen LogP contribution in [0.5, 0.6) is 0 Å². The first-order valence-electron chi connectivity index (χ1n) is 9.90. The molecule has 1 N–H and O–H groups in total. The summed E-state index contributed by atoms with van der Waals surface area (Å²) in [5, 5.41) is 3.06. The molecule has 1 atom stereocenters. The summed E-state index contributed by atoms with van der Waals surface area (Å²) in [7, 11) is 0. The van der Waals surface area contributed by atoms with E-state index in [1.54, 1.807) is 12.5 Å². The molecule has 6 heteroatoms. The molecule has 0 saturated carbocycles. The molecule has 0 radical (unpaired) electrons. The lowest BCUT2D eigenvalue weighted by atomic mass is 10.1. The van der Waals surface area contributed by atoms with Crippen molar-refractivity contribution in [3.63, 3.8) is 0 Å². The number of rotatable bonds is 6. The number of aromatic nitrogens is 2. The normalized spacial score (nSPS) is 16.0. The van der Waals surface area contributed by atoms with Gasteiger partial charge in [0.15, 0.2) is 0 Å². The lowest BCUT2D eigenvalue weighted by Crippen LogP contribution is -2.38. The van der Waals surface area contributed by atoms with E-state index >= 15 is 0 Å². The van der Waals surface area contributed by atoms with Crippen molar-refractivity contribution in [1.82, 2.24) is 19.8 Å². The van der Waals surface area contributed by atoms with Crippen molar-refractivity contribution in [2.45, 2.75) is 25.3 Å². The van der Waals surface area contributed by atoms with Crippen molar-refractivity contribution < 1.29 is 9.59 Å². The van der Waals surface area contributed by atoms with E-state index in [1.807, 2.05) is 70.3 Å². The van der Waals surface area contributed by atoms with E-state index in [0.29, 0.717) is 25.1 Å². The highest BCUT2D eigenvalue weighted by Gasteiger charge is 2.27. The Bertz CT molecular complexity index is 952. The minimum atomic E-state index is -0.106. The van der Waals surface area contributed by atoms with Gasteiger partial charge in [0.1, 0.15) is 0 Å². The van der Waals surface area contributed by atoms with Gasteiger partial charge in [-0.25, -0.2) is 4.98 Å². The van der Waals surface area contributed by atoms with Crippen LogP contribution in [0.2, 0.25) is 0 Å². The maximum Gasteiger partial charge on any atom is 0.251 e. The molecule has 2 amide bonds. The van der Waals surface area contributed by atoms with Crippen LogP contribution in [0.1, 0.15) is 28.8 Å². The minimum absolute atomic E-state index is 0.00324. The Hall–Kier alpha value is -3.41. The highest BCUT2D eigenvalue weighted by atomic mass is 16.2. The van der Waals surface area contributed by atoms with Crippen LogP contribution in [-0.4, -0.2) is 45.4 Å². The quantitative estimate of drug-likeness (QED) is 0.706. The van der Waals surface area contributed by atoms with E-state index in [9.17, 15) is 9.59 Å². The van der Waals surface area contributed by atoms with Crippen LogP contribution in [0.4, 0.5) is 0 Å². The molecule has 0 spiro atoms. The Morgan fingerprint density at radius 3 is 2.59 bits per heavy atom. The first-order chi connectivity index (χ1) is 14.2. The zero-order valence-electron chi connectivity index (χ0n) is 16.2. The second-order valence-corrected chi connectivity index (χ2v) is 7.30. The van der Waals surface area contributed by atoms with Gasteiger partial charge in [0.05, 0.1) is 6.33 Å². The average molecular weight is 388 g/mol. The smallest absolute Gasteiger partial charge is 0.251 e. The first-order valence-corrected chi connectivity index (χ1v) is 9.90. The lowest BCUT2D eigenvalue weighted by molar-refractivity contribution is -0.130. The number of carbonyl (C=O) groups is 2. The second kappa shape index (κ2) is 8.73. The number of nitrogens with zero attached hydrogens (tertiary/aromatic N) is 3. The zero-order valence-corrected chi connectivity index (χ0v) is 16.2. The highest BCUT2D eigenvalue weighted by molar-refractivity contribution is 5.94. The van der Waals surface area contributed by atoms with Gasteiger partial charge in [0.2, 0.25) is 5.91 Å². The third kappa shape index (κ3) is 4.71. The number of benzene rings is 2. The van der Waals surface area contributed by atoms with E-state index in [2.05, 4.69) is 10.3 Å². The summed E-state index contributed by atoms with van der Waals surface area (Å²) in [4.78, 5) is 30.9. The topological polar surface area (TPSA) is 67.2 Å². The van der Waals surface area contributed by atoms with Gasteiger partial charge in [0, 0.05) is 49.2 Å². The fourth-order valence-corrected chi connectivity index (χ4v) is 3.62. The Morgan fingerprint density at radius 1 is 1.07 bits per heavy atom. The number of hydrogen-bond donors (Lipinski definition) is 1. The molecule has 1 aliphatic heterocycles. The third-order valence-electron chi connectivity index (χ3n) is 5.28. The molecule has 6 nitrogen and oxygen atoms in total. The van der Waals surface area contributed by atoms with Crippen molar-refractivity contribution in [3.05, 3.63) is 84.4 Å². The van der Waals surface area contributed by atoms with Gasteiger partial charge < -0.3 is 14.8 Å². The molecule has 3 aromatic rings. The first kappa shape index (κ1) is 18.9. The number of carbonyl (C=O) groups excluding carboxylic acids is 2. The molecule has 148 valence electrons. The summed E-state index contributed by atoms with van der Waals surface area (Å²) in [5.41, 5.74) is 2.74. The van der Waals surface area contributed by atoms with Gasteiger partial charge in [-0.3, -0.25) is 9.59 Å². The van der Waals surface area contributed by atoms with Crippen molar-refractivity contribution in [2.24, 2.45) is 0 Å². The van der Waals surface area contributed by atoms with Crippen LogP contribution < -0.4 is 5.32 Å². The van der Waals surface area contributed by atoms with E-state index in [4.69, 9.17) is 0 Å². The summed E-state index contributed by atoms with van der Waals surface area (Å²) < 4.78 is 1.89. The number of aryl methyl sites for hydroxylation is 1. The monoisotopic (exact) mass is 388 g/mol. The molecule has 2 heterocycles. The summed E-state index contributed by atoms with van der Waals surface area (Å²) in [6.45, 7) is 1.27. The summed E-state index contributed by atoms with van der Waals surface area (Å²) in [6.07, 6.45) is 7.33. The highest BCUT2D eigenvalue weighted by Crippen LogP contribution is 2.14. The van der Waals surface area contributed by atoms with Gasteiger partial charge in [-0.2, -0.15) is 0 Å². The van der Waals surface area contributed by atoms with E-state index in [-0.39, 0.29) is 17.9 Å². The van der Waals surface area contributed by atoms with Gasteiger partial charge in [0.25, 0.3) is 5.91 Å². The van der Waals surface area contributed by atoms with E-state index < -0.39 is 0 Å². The molecule has 1 saturated heterocycles. The minimum Gasteiger partial charge on any atom is -0.347 e. The molecular formula is C23H24N4O2. The van der Waals surface area contributed by atoms with Crippen LogP contribution in [0.25, 0.3) is 5.69 Å². The molecule has 1 aliphatic rings. The van der Waals surface area contributed by atoms with Crippen LogP contribution in [0.15, 0.2) is 73.3 Å². The molecule has 1 fully saturated rings. The predicted octanol–water partition coefficient (Wildman–Crippen LogP) is 2.84. The average Bonchev–Trinajstić information content (AvgIpc) is 3.45. The number of amides is 2. The van der Waals surface area contributed by atoms with Gasteiger partial charge >= 0.3 is 0 Å². The molecular weight excluding hydrogens is 364 g/mol. The predicted molar refractivity (Wildman–Crippen MR) is 111 cm³/mol. The van der Waals surface area contributed by atoms with Crippen molar-refractivity contribution in [2.75, 3.05) is 13.1 Å². The standard InChI is InChI=1S/C23H24N4O2/c28-22(11-6-18-4-2-1-3-5-18)26-14-12-20(16-26)25-23(29)19-7-9-21(10-8-19)27-15-13-24-17-27/h1-5,7-10,13,15,17,20H,6,11-12,14,16H2,(H,25,29). The van der Waals surface area contributed by atoms with Crippen LogP contribution in [0.3, 0.4) is 0 Å². The Morgan fingerprint density at radius 2 is 1.86 bits per heavy atom. The SMILES string of the molecule is O=C(NC1CCN(C(=O)CCc2ccccc2)C1)c1ccc(-n2ccnc2)cc1. The van der Waals surface area contributed by atoms with E-state index in [1.165, 1.54) is 5.56 Å². The molecule has 0 aliphatic carbocycles. The zero-order chi connectivity index (χ0) is 20.1. The number of likely N-dealkylation sites (tertiary alicyclic amines) is 1. The number of hydrogen-bond acceptors (Lipinski definition) is 3. The fraction of sp³-hybridized carbons (Fsp3) is 0.261. The lowest BCUT2D eigenvalue weighted by Gasteiger charge is -2.17. The molecule has 4 rings (SSSR count). The molecule has 0 bridgehead atoms. The molecule has 29 heavy (non-hydrogen) atoms. The fourth-order valence-electron chi connectivity index (χ4n) is 3.62. The van der Waals surface area contributed by atoms with Gasteiger partial charge in [-0.05, 0) is 42.7 Å². The van der Waals surface area contributed by atoms with Crippen LogP contribution >= 0.6 is 0 Å². The Balaban J connectivity index is 1.27. The number of imidazole rings is 1. The maximum atomic E-state index is 12.6. The summed E-state index contributed by atoms with van der Waals surface area (Å²) >= 11 is 0. The van der Waals surface area contributed by atoms with Crippen molar-refractivity contribution in [1.29, 1.82) is 0 Å². The van der Waals surface area contributed by atoms with Crippen LogP contribution in [-0.2, 0) is 11.2 Å². The van der Waals surface area contributed by atoms with Crippen molar-refractivity contribution in [3.8, 4) is 5.69 Å². The molecule has 1 unspecified atom stereocenters. The Kier molecular flexibility index (Phi) is 5.70. The van der Waals surface area contributed by atoms with Crippen molar-refractivity contribution >= 4 is 11.8 Å². The van der Waals surface area contributed by atoms with Crippen LogP contribution in [0, 0.1) is 0 Å².